The Balaban J connectivity index is 2.73. The van der Waals surface area contributed by atoms with Crippen LogP contribution in [0.3, 0.4) is 0 Å². The number of amides is 1. The Bertz CT molecular complexity index is 357. The highest BCUT2D eigenvalue weighted by Crippen LogP contribution is 2.32. The van der Waals surface area contributed by atoms with Gasteiger partial charge in [-0.15, -0.1) is 0 Å². The lowest BCUT2D eigenvalue weighted by atomic mass is 9.85. The van der Waals surface area contributed by atoms with Crippen molar-refractivity contribution < 1.29 is 19.0 Å². The molecule has 0 saturated carbocycles. The second-order valence-electron chi connectivity index (χ2n) is 6.80. The maximum Gasteiger partial charge on any atom is 0.410 e. The smallest absolute Gasteiger partial charge is 0.410 e. The fourth-order valence-corrected chi connectivity index (χ4v) is 3.08. The molecule has 5 nitrogen and oxygen atoms in total. The Morgan fingerprint density at radius 3 is 2.32 bits per heavy atom. The minimum absolute atomic E-state index is 0.138. The second-order valence-corrected chi connectivity index (χ2v) is 6.80. The first kappa shape index (κ1) is 19.2. The Hall–Kier alpha value is -0.810. The molecule has 0 spiro atoms. The third-order valence-electron chi connectivity index (χ3n) is 5.04. The molecule has 2 unspecified atom stereocenters. The van der Waals surface area contributed by atoms with E-state index in [1.54, 1.807) is 14.2 Å². The van der Waals surface area contributed by atoms with Crippen LogP contribution >= 0.6 is 0 Å². The lowest BCUT2D eigenvalue weighted by Gasteiger charge is -2.38. The van der Waals surface area contributed by atoms with Crippen molar-refractivity contribution in [3.8, 4) is 0 Å². The Morgan fingerprint density at radius 1 is 1.18 bits per heavy atom. The molecule has 1 saturated heterocycles. The summed E-state index contributed by atoms with van der Waals surface area (Å²) in [6.07, 6.45) is 4.11. The molecule has 3 atom stereocenters. The number of nitrogens with zero attached hydrogens (tertiary/aromatic N) is 1. The predicted molar refractivity (Wildman–Crippen MR) is 87.1 cm³/mol. The number of likely N-dealkylation sites (tertiary alicyclic amines) is 1. The molecular formula is C17H33NO4. The van der Waals surface area contributed by atoms with Gasteiger partial charge in [0, 0.05) is 27.2 Å². The quantitative estimate of drug-likeness (QED) is 0.686. The molecule has 1 aliphatic heterocycles. The van der Waals surface area contributed by atoms with E-state index in [1.165, 1.54) is 0 Å². The monoisotopic (exact) mass is 315 g/mol. The van der Waals surface area contributed by atoms with Crippen molar-refractivity contribution in [3.63, 3.8) is 0 Å². The summed E-state index contributed by atoms with van der Waals surface area (Å²) in [7, 11) is 3.39. The average Bonchev–Trinajstić information content (AvgIpc) is 2.96. The minimum atomic E-state index is -0.516. The topological polar surface area (TPSA) is 48.0 Å². The van der Waals surface area contributed by atoms with E-state index in [0.29, 0.717) is 13.0 Å². The van der Waals surface area contributed by atoms with Crippen molar-refractivity contribution in [2.24, 2.45) is 0 Å². The molecule has 1 rings (SSSR count). The largest absolute Gasteiger partial charge is 0.443 e. The fourth-order valence-electron chi connectivity index (χ4n) is 3.08. The van der Waals surface area contributed by atoms with E-state index in [1.807, 2.05) is 11.8 Å². The first-order valence-corrected chi connectivity index (χ1v) is 8.36. The van der Waals surface area contributed by atoms with Crippen molar-refractivity contribution in [1.29, 1.82) is 0 Å². The van der Waals surface area contributed by atoms with Gasteiger partial charge in [-0.2, -0.15) is 0 Å². The molecule has 0 aromatic rings. The molecule has 0 N–H and O–H groups in total. The van der Waals surface area contributed by atoms with Gasteiger partial charge in [0.2, 0.25) is 0 Å². The average molecular weight is 315 g/mol. The van der Waals surface area contributed by atoms with Crippen LogP contribution in [0.4, 0.5) is 4.79 Å². The molecule has 1 fully saturated rings. The van der Waals surface area contributed by atoms with Gasteiger partial charge in [-0.05, 0) is 39.5 Å². The molecule has 5 heteroatoms. The highest BCUT2D eigenvalue weighted by atomic mass is 16.6. The van der Waals surface area contributed by atoms with E-state index in [9.17, 15) is 4.79 Å². The van der Waals surface area contributed by atoms with Gasteiger partial charge < -0.3 is 19.1 Å². The molecule has 22 heavy (non-hydrogen) atoms. The molecule has 1 aliphatic rings. The maximum atomic E-state index is 12.6. The zero-order valence-electron chi connectivity index (χ0n) is 15.1. The first-order valence-electron chi connectivity index (χ1n) is 8.36. The zero-order chi connectivity index (χ0) is 16.8. The molecule has 130 valence electrons. The van der Waals surface area contributed by atoms with Crippen LogP contribution in [0.25, 0.3) is 0 Å². The van der Waals surface area contributed by atoms with Crippen LogP contribution in [0.5, 0.6) is 0 Å². The SMILES string of the molecule is CCC(C)(CC(C)(CC)OC(=O)N1CCC[C@@H]1COC)OC. The number of rotatable bonds is 8. The van der Waals surface area contributed by atoms with Gasteiger partial charge in [-0.3, -0.25) is 0 Å². The van der Waals surface area contributed by atoms with E-state index in [-0.39, 0.29) is 17.7 Å². The Kier molecular flexibility index (Phi) is 7.13. The van der Waals surface area contributed by atoms with Crippen LogP contribution in [0.2, 0.25) is 0 Å². The molecular weight excluding hydrogens is 282 g/mol. The van der Waals surface area contributed by atoms with E-state index in [0.717, 1.165) is 32.2 Å². The van der Waals surface area contributed by atoms with Gasteiger partial charge in [0.1, 0.15) is 5.60 Å². The van der Waals surface area contributed by atoms with Crippen LogP contribution in [0.1, 0.15) is 59.8 Å². The number of carbonyl (C=O) groups excluding carboxylic acids is 1. The molecule has 0 aliphatic carbocycles. The molecule has 0 aromatic carbocycles. The number of hydrogen-bond acceptors (Lipinski definition) is 4. The van der Waals surface area contributed by atoms with Crippen molar-refractivity contribution in [2.45, 2.75) is 77.0 Å². The summed E-state index contributed by atoms with van der Waals surface area (Å²) in [5.74, 6) is 0. The molecule has 1 heterocycles. The molecule has 1 amide bonds. The van der Waals surface area contributed by atoms with Crippen LogP contribution in [0, 0.1) is 0 Å². The predicted octanol–water partition coefficient (Wildman–Crippen LogP) is 3.61. The summed E-state index contributed by atoms with van der Waals surface area (Å²) >= 11 is 0. The van der Waals surface area contributed by atoms with Crippen molar-refractivity contribution in [2.75, 3.05) is 27.4 Å². The van der Waals surface area contributed by atoms with Gasteiger partial charge in [0.15, 0.2) is 0 Å². The number of hydrogen-bond donors (Lipinski definition) is 0. The highest BCUT2D eigenvalue weighted by Gasteiger charge is 2.39. The van der Waals surface area contributed by atoms with E-state index < -0.39 is 5.60 Å². The normalized spacial score (nSPS) is 23.9. The summed E-state index contributed by atoms with van der Waals surface area (Å²) < 4.78 is 16.7. The molecule has 0 aromatic heterocycles. The summed E-state index contributed by atoms with van der Waals surface area (Å²) in [6.45, 7) is 9.54. The van der Waals surface area contributed by atoms with Gasteiger partial charge in [0.25, 0.3) is 0 Å². The lowest BCUT2D eigenvalue weighted by molar-refractivity contribution is -0.0841. The van der Waals surface area contributed by atoms with Gasteiger partial charge in [-0.1, -0.05) is 13.8 Å². The highest BCUT2D eigenvalue weighted by molar-refractivity contribution is 5.69. The fraction of sp³-hybridized carbons (Fsp3) is 0.941. The van der Waals surface area contributed by atoms with E-state index >= 15 is 0 Å². The maximum absolute atomic E-state index is 12.6. The minimum Gasteiger partial charge on any atom is -0.443 e. The molecule has 0 radical (unpaired) electrons. The van der Waals surface area contributed by atoms with Crippen molar-refractivity contribution in [1.82, 2.24) is 4.90 Å². The summed E-state index contributed by atoms with van der Waals surface area (Å²) in [5.41, 5.74) is -0.792. The number of carbonyl (C=O) groups is 1. The third kappa shape index (κ3) is 4.85. The van der Waals surface area contributed by atoms with Crippen molar-refractivity contribution in [3.05, 3.63) is 0 Å². The van der Waals surface area contributed by atoms with Crippen LogP contribution in [-0.4, -0.2) is 55.6 Å². The zero-order valence-corrected chi connectivity index (χ0v) is 15.1. The second kappa shape index (κ2) is 8.16. The van der Waals surface area contributed by atoms with E-state index in [2.05, 4.69) is 20.8 Å². The standard InChI is InChI=1S/C17H33NO4/c1-7-16(3,21-6)13-17(4,8-2)22-15(19)18-11-9-10-14(18)12-20-5/h14H,7-13H2,1-6H3/t14-,16?,17?/m1/s1. The summed E-state index contributed by atoms with van der Waals surface area (Å²) in [4.78, 5) is 14.4. The number of ether oxygens (including phenoxy) is 3. The van der Waals surface area contributed by atoms with Crippen LogP contribution < -0.4 is 0 Å². The van der Waals surface area contributed by atoms with E-state index in [4.69, 9.17) is 14.2 Å². The Morgan fingerprint density at radius 2 is 1.82 bits per heavy atom. The van der Waals surface area contributed by atoms with Gasteiger partial charge in [0.05, 0.1) is 18.2 Å². The molecule has 0 bridgehead atoms. The first-order chi connectivity index (χ1) is 10.3. The summed E-state index contributed by atoms with van der Waals surface area (Å²) in [5, 5.41) is 0. The summed E-state index contributed by atoms with van der Waals surface area (Å²) in [6, 6.07) is 0.138. The van der Waals surface area contributed by atoms with Gasteiger partial charge in [-0.25, -0.2) is 4.79 Å². The third-order valence-corrected chi connectivity index (χ3v) is 5.04. The van der Waals surface area contributed by atoms with Crippen LogP contribution in [0.15, 0.2) is 0 Å². The van der Waals surface area contributed by atoms with Gasteiger partial charge >= 0.3 is 6.09 Å². The van der Waals surface area contributed by atoms with Crippen LogP contribution in [-0.2, 0) is 14.2 Å². The Labute approximate surface area is 135 Å². The van der Waals surface area contributed by atoms with Crippen molar-refractivity contribution >= 4 is 6.09 Å². The lowest BCUT2D eigenvalue weighted by Crippen LogP contribution is -2.46. The number of methoxy groups -OCH3 is 2.